The number of hydrogen-bond acceptors (Lipinski definition) is 11. The molecule has 2 fully saturated rings. The predicted octanol–water partition coefficient (Wildman–Crippen LogP) is 3.24. The zero-order valence-corrected chi connectivity index (χ0v) is 24.0. The fourth-order valence-electron chi connectivity index (χ4n) is 5.03. The number of hydrogen-bond donors (Lipinski definition) is 0. The monoisotopic (exact) mass is 555 g/mol. The van der Waals surface area contributed by atoms with Gasteiger partial charge in [0, 0.05) is 38.6 Å². The Balaban J connectivity index is 2.50. The molecule has 0 aliphatic carbocycles. The molecule has 0 spiro atoms. The fraction of sp³-hybridized carbons (Fsp3) is 0.821. The lowest BCUT2D eigenvalue weighted by molar-refractivity contribution is -0.177. The summed E-state index contributed by atoms with van der Waals surface area (Å²) in [4.78, 5) is 64.6. The highest BCUT2D eigenvalue weighted by molar-refractivity contribution is 5.72. The van der Waals surface area contributed by atoms with Crippen molar-refractivity contribution in [2.45, 2.75) is 135 Å². The van der Waals surface area contributed by atoms with Crippen molar-refractivity contribution in [3.63, 3.8) is 0 Å². The summed E-state index contributed by atoms with van der Waals surface area (Å²) < 4.78 is 28.8. The lowest BCUT2D eigenvalue weighted by atomic mass is 10.0. The van der Waals surface area contributed by atoms with E-state index in [-0.39, 0.29) is 45.3 Å². The largest absolute Gasteiger partial charge is 0.464 e. The van der Waals surface area contributed by atoms with Gasteiger partial charge in [-0.25, -0.2) is 0 Å². The second kappa shape index (κ2) is 16.4. The van der Waals surface area contributed by atoms with Crippen molar-refractivity contribution in [3.8, 4) is 0 Å². The first kappa shape index (κ1) is 32.5. The summed E-state index contributed by atoms with van der Waals surface area (Å²) >= 11 is 0. The van der Waals surface area contributed by atoms with Crippen LogP contribution < -0.4 is 0 Å². The maximum absolute atomic E-state index is 12.7. The highest BCUT2D eigenvalue weighted by Gasteiger charge is 2.63. The Morgan fingerprint density at radius 3 is 1.46 bits per heavy atom. The average Bonchev–Trinajstić information content (AvgIpc) is 3.32. The number of ether oxygens (including phenoxy) is 5. The van der Waals surface area contributed by atoms with Gasteiger partial charge in [0.1, 0.15) is 6.61 Å². The van der Waals surface area contributed by atoms with Gasteiger partial charge in [-0.1, -0.05) is 34.6 Å². The molecule has 2 rings (SSSR count). The van der Waals surface area contributed by atoms with Gasteiger partial charge in [0.2, 0.25) is 0 Å². The molecule has 0 amide bonds. The zero-order chi connectivity index (χ0) is 28.9. The summed E-state index contributed by atoms with van der Waals surface area (Å²) in [6.07, 6.45) is -0.0550. The minimum Gasteiger partial charge on any atom is -0.464 e. The normalized spacial score (nSPS) is 26.0. The zero-order valence-electron chi connectivity index (χ0n) is 24.0. The van der Waals surface area contributed by atoms with Crippen LogP contribution in [0.2, 0.25) is 0 Å². The minimum atomic E-state index is -1.02. The molecule has 2 saturated heterocycles. The van der Waals surface area contributed by atoms with E-state index in [1.165, 1.54) is 0 Å². The Bertz CT molecular complexity index is 828. The average molecular weight is 556 g/mol. The minimum absolute atomic E-state index is 0.129. The molecule has 0 unspecified atom stereocenters. The van der Waals surface area contributed by atoms with Crippen molar-refractivity contribution in [3.05, 3.63) is 0 Å². The fourth-order valence-corrected chi connectivity index (χ4v) is 5.03. The third-order valence-corrected chi connectivity index (χ3v) is 6.71. The van der Waals surface area contributed by atoms with Crippen LogP contribution in [0.3, 0.4) is 0 Å². The third-order valence-electron chi connectivity index (χ3n) is 6.71. The first-order valence-electron chi connectivity index (χ1n) is 14.4. The second-order valence-electron chi connectivity index (χ2n) is 10.1. The van der Waals surface area contributed by atoms with Crippen LogP contribution in [0.5, 0.6) is 0 Å². The molecule has 0 aromatic carbocycles. The van der Waals surface area contributed by atoms with Gasteiger partial charge < -0.3 is 23.7 Å². The predicted molar refractivity (Wildman–Crippen MR) is 139 cm³/mol. The van der Waals surface area contributed by atoms with Crippen LogP contribution in [-0.2, 0) is 47.7 Å². The summed E-state index contributed by atoms with van der Waals surface area (Å²) in [6, 6.07) is -1.46. The van der Waals surface area contributed by atoms with Crippen molar-refractivity contribution in [1.29, 1.82) is 0 Å². The molecule has 0 bridgehead atoms. The first-order valence-corrected chi connectivity index (χ1v) is 14.4. The molecule has 0 aromatic heterocycles. The topological polar surface area (TPSA) is 135 Å². The van der Waals surface area contributed by atoms with Gasteiger partial charge in [0.15, 0.2) is 24.4 Å². The molecule has 6 atom stereocenters. The van der Waals surface area contributed by atoms with E-state index in [0.717, 1.165) is 0 Å². The van der Waals surface area contributed by atoms with E-state index in [1.54, 1.807) is 0 Å². The number of nitrogens with zero attached hydrogens (tertiary/aromatic N) is 1. The van der Waals surface area contributed by atoms with Crippen LogP contribution in [0.15, 0.2) is 0 Å². The number of esters is 5. The summed E-state index contributed by atoms with van der Waals surface area (Å²) in [5.41, 5.74) is 0. The molecule has 222 valence electrons. The summed E-state index contributed by atoms with van der Waals surface area (Å²) in [6.45, 7) is 9.23. The van der Waals surface area contributed by atoms with Gasteiger partial charge in [-0.2, -0.15) is 0 Å². The van der Waals surface area contributed by atoms with Crippen LogP contribution in [0.4, 0.5) is 0 Å². The van der Waals surface area contributed by atoms with E-state index in [9.17, 15) is 24.0 Å². The van der Waals surface area contributed by atoms with E-state index in [1.807, 2.05) is 39.5 Å². The molecule has 2 aliphatic heterocycles. The van der Waals surface area contributed by atoms with Crippen molar-refractivity contribution >= 4 is 29.8 Å². The maximum Gasteiger partial charge on any atom is 0.306 e. The molecule has 2 aliphatic rings. The number of fused-ring (bicyclic) bond motifs is 1. The Hall–Kier alpha value is -2.69. The lowest BCUT2D eigenvalue weighted by Crippen LogP contribution is -2.48. The molecular formula is C28H45NO10. The third kappa shape index (κ3) is 9.19. The summed E-state index contributed by atoms with van der Waals surface area (Å²) in [5.74, 6) is -2.29. The molecule has 0 radical (unpaired) electrons. The summed E-state index contributed by atoms with van der Waals surface area (Å²) in [5, 5.41) is 0. The van der Waals surface area contributed by atoms with Gasteiger partial charge in [-0.15, -0.1) is 0 Å². The molecular weight excluding hydrogens is 510 g/mol. The van der Waals surface area contributed by atoms with Crippen LogP contribution >= 0.6 is 0 Å². The van der Waals surface area contributed by atoms with E-state index in [2.05, 4.69) is 0 Å². The molecule has 0 saturated carbocycles. The Morgan fingerprint density at radius 2 is 0.974 bits per heavy atom. The standard InChI is InChI=1S/C28H45NO10/c1-6-11-20(30)35-17-18-26(37-22(32)13-8-3)28(39-24(34)15-10-5)25-27(38-23(33)14-9-4)19(16-29(18)25)36-21(31)12-7-2/h18-19,25-28H,6-17H2,1-5H3/t18-,19-,25+,26+,27-,28+/m0/s1. The van der Waals surface area contributed by atoms with Crippen molar-refractivity contribution in [2.24, 2.45) is 0 Å². The smallest absolute Gasteiger partial charge is 0.306 e. The SMILES string of the molecule is CCCC(=O)OC[C@H]1[C@@H](OC(=O)CCC)[C@H](OC(=O)CCC)[C@H]2[C@@H](OC(=O)CCC)[C@@H](OC(=O)CCC)CN21. The Kier molecular flexibility index (Phi) is 13.7. The van der Waals surface area contributed by atoms with Gasteiger partial charge in [0.25, 0.3) is 0 Å². The molecule has 0 N–H and O–H groups in total. The van der Waals surface area contributed by atoms with Crippen LogP contribution in [0.1, 0.15) is 98.8 Å². The molecule has 11 nitrogen and oxygen atoms in total. The van der Waals surface area contributed by atoms with E-state index in [0.29, 0.717) is 32.1 Å². The Labute approximate surface area is 231 Å². The summed E-state index contributed by atoms with van der Waals surface area (Å²) in [7, 11) is 0. The van der Waals surface area contributed by atoms with Crippen LogP contribution in [0, 0.1) is 0 Å². The lowest BCUT2D eigenvalue weighted by Gasteiger charge is -2.30. The molecule has 0 aromatic rings. The van der Waals surface area contributed by atoms with E-state index < -0.39 is 66.3 Å². The molecule has 11 heteroatoms. The van der Waals surface area contributed by atoms with Gasteiger partial charge in [-0.05, 0) is 32.1 Å². The maximum atomic E-state index is 12.7. The molecule has 39 heavy (non-hydrogen) atoms. The number of carbonyl (C=O) groups excluding carboxylic acids is 5. The van der Waals surface area contributed by atoms with E-state index >= 15 is 0 Å². The van der Waals surface area contributed by atoms with Gasteiger partial charge in [-0.3, -0.25) is 28.9 Å². The van der Waals surface area contributed by atoms with Crippen LogP contribution in [-0.4, -0.2) is 84.4 Å². The quantitative estimate of drug-likeness (QED) is 0.205. The van der Waals surface area contributed by atoms with Crippen molar-refractivity contribution in [1.82, 2.24) is 4.90 Å². The van der Waals surface area contributed by atoms with Gasteiger partial charge in [0.05, 0.1) is 12.1 Å². The van der Waals surface area contributed by atoms with Gasteiger partial charge >= 0.3 is 29.8 Å². The van der Waals surface area contributed by atoms with E-state index in [4.69, 9.17) is 23.7 Å². The first-order chi connectivity index (χ1) is 18.7. The molecule has 2 heterocycles. The number of carbonyl (C=O) groups is 5. The Morgan fingerprint density at radius 1 is 0.564 bits per heavy atom. The van der Waals surface area contributed by atoms with Crippen molar-refractivity contribution in [2.75, 3.05) is 13.2 Å². The second-order valence-corrected chi connectivity index (χ2v) is 10.1. The van der Waals surface area contributed by atoms with Crippen LogP contribution in [0.25, 0.3) is 0 Å². The highest BCUT2D eigenvalue weighted by Crippen LogP contribution is 2.40. The van der Waals surface area contributed by atoms with Crippen molar-refractivity contribution < 1.29 is 47.7 Å². The number of rotatable bonds is 16. The highest BCUT2D eigenvalue weighted by atomic mass is 16.6.